The smallest absolute Gasteiger partial charge is 0.276 e. The molecular weight excluding hydrogens is 304 g/mol. The number of aromatic amines is 1. The van der Waals surface area contributed by atoms with Gasteiger partial charge in [-0.1, -0.05) is 42.5 Å². The Labute approximate surface area is 137 Å². The van der Waals surface area contributed by atoms with Crippen molar-refractivity contribution in [3.63, 3.8) is 0 Å². The first-order valence-electron chi connectivity index (χ1n) is 7.44. The van der Waals surface area contributed by atoms with Crippen LogP contribution in [0.2, 0.25) is 0 Å². The Morgan fingerprint density at radius 1 is 1.00 bits per heavy atom. The summed E-state index contributed by atoms with van der Waals surface area (Å²) in [6, 6.07) is 18.5. The number of H-pyrrole nitrogens is 1. The molecule has 118 valence electrons. The SMILES string of the molecule is COc1cccc(-c2cc(=O)n3nc(-c4ccccc4)nc3[nH]2)c1. The van der Waals surface area contributed by atoms with Crippen molar-refractivity contribution in [2.24, 2.45) is 0 Å². The summed E-state index contributed by atoms with van der Waals surface area (Å²) in [6.45, 7) is 0. The van der Waals surface area contributed by atoms with E-state index >= 15 is 0 Å². The fourth-order valence-electron chi connectivity index (χ4n) is 2.54. The summed E-state index contributed by atoms with van der Waals surface area (Å²) in [5.74, 6) is 1.63. The van der Waals surface area contributed by atoms with Crippen LogP contribution in [0.25, 0.3) is 28.4 Å². The molecule has 6 nitrogen and oxygen atoms in total. The van der Waals surface area contributed by atoms with Crippen LogP contribution in [-0.2, 0) is 0 Å². The molecular formula is C18H14N4O2. The van der Waals surface area contributed by atoms with Crippen molar-refractivity contribution in [3.05, 3.63) is 71.0 Å². The van der Waals surface area contributed by atoms with Crippen LogP contribution in [-0.4, -0.2) is 26.7 Å². The van der Waals surface area contributed by atoms with Crippen LogP contribution in [0.1, 0.15) is 0 Å². The summed E-state index contributed by atoms with van der Waals surface area (Å²) < 4.78 is 6.50. The molecule has 2 aromatic heterocycles. The van der Waals surface area contributed by atoms with E-state index in [1.807, 2.05) is 54.6 Å². The van der Waals surface area contributed by atoms with Crippen molar-refractivity contribution in [1.82, 2.24) is 19.6 Å². The standard InChI is InChI=1S/C18H14N4O2/c1-24-14-9-5-8-13(10-14)15-11-16(23)22-18(19-15)20-17(21-22)12-6-3-2-4-7-12/h2-11H,1H3,(H,19,20,21). The Morgan fingerprint density at radius 2 is 1.79 bits per heavy atom. The summed E-state index contributed by atoms with van der Waals surface area (Å²) in [7, 11) is 1.61. The molecule has 2 heterocycles. The number of benzene rings is 2. The lowest BCUT2D eigenvalue weighted by Crippen LogP contribution is -2.14. The van der Waals surface area contributed by atoms with Gasteiger partial charge in [0, 0.05) is 17.2 Å². The van der Waals surface area contributed by atoms with Gasteiger partial charge in [0.1, 0.15) is 5.75 Å². The highest BCUT2D eigenvalue weighted by molar-refractivity contribution is 5.63. The van der Waals surface area contributed by atoms with Gasteiger partial charge in [0.25, 0.3) is 5.56 Å². The molecule has 0 radical (unpaired) electrons. The molecule has 0 atom stereocenters. The number of aromatic nitrogens is 4. The van der Waals surface area contributed by atoms with E-state index in [0.29, 0.717) is 17.3 Å². The Bertz CT molecular complexity index is 1070. The molecule has 0 saturated heterocycles. The highest BCUT2D eigenvalue weighted by Gasteiger charge is 2.11. The van der Waals surface area contributed by atoms with Crippen LogP contribution in [0.15, 0.2) is 65.5 Å². The minimum absolute atomic E-state index is 0.240. The maximum Gasteiger partial charge on any atom is 0.276 e. The molecule has 0 aliphatic rings. The highest BCUT2D eigenvalue weighted by atomic mass is 16.5. The molecule has 4 aromatic rings. The number of rotatable bonds is 3. The van der Waals surface area contributed by atoms with Gasteiger partial charge >= 0.3 is 0 Å². The Hall–Kier alpha value is -3.41. The number of hydrogen-bond donors (Lipinski definition) is 1. The van der Waals surface area contributed by atoms with Crippen molar-refractivity contribution >= 4 is 5.78 Å². The zero-order valence-corrected chi connectivity index (χ0v) is 12.9. The van der Waals surface area contributed by atoms with Crippen LogP contribution in [0.3, 0.4) is 0 Å². The van der Waals surface area contributed by atoms with Crippen molar-refractivity contribution < 1.29 is 4.74 Å². The van der Waals surface area contributed by atoms with Crippen molar-refractivity contribution in [2.45, 2.75) is 0 Å². The monoisotopic (exact) mass is 318 g/mol. The van der Waals surface area contributed by atoms with Gasteiger partial charge in [-0.25, -0.2) is 0 Å². The average molecular weight is 318 g/mol. The molecule has 0 saturated carbocycles. The van der Waals surface area contributed by atoms with Crippen molar-refractivity contribution in [3.8, 4) is 28.4 Å². The molecule has 0 amide bonds. The molecule has 0 unspecified atom stereocenters. The maximum absolute atomic E-state index is 12.4. The second-order valence-electron chi connectivity index (χ2n) is 5.29. The van der Waals surface area contributed by atoms with Crippen LogP contribution < -0.4 is 10.3 Å². The van der Waals surface area contributed by atoms with Crippen LogP contribution in [0, 0.1) is 0 Å². The topological polar surface area (TPSA) is 72.3 Å². The van der Waals surface area contributed by atoms with E-state index in [1.54, 1.807) is 7.11 Å². The summed E-state index contributed by atoms with van der Waals surface area (Å²) in [5, 5.41) is 4.29. The van der Waals surface area contributed by atoms with Gasteiger partial charge in [0.2, 0.25) is 5.78 Å². The molecule has 0 spiro atoms. The van der Waals surface area contributed by atoms with E-state index in [1.165, 1.54) is 10.6 Å². The Kier molecular flexibility index (Phi) is 3.35. The predicted octanol–water partition coefficient (Wildman–Crippen LogP) is 2.76. The minimum Gasteiger partial charge on any atom is -0.497 e. The second kappa shape index (κ2) is 5.66. The fourth-order valence-corrected chi connectivity index (χ4v) is 2.54. The summed E-state index contributed by atoms with van der Waals surface area (Å²) >= 11 is 0. The third-order valence-electron chi connectivity index (χ3n) is 3.74. The summed E-state index contributed by atoms with van der Waals surface area (Å²) in [5.41, 5.74) is 2.13. The highest BCUT2D eigenvalue weighted by Crippen LogP contribution is 2.22. The van der Waals surface area contributed by atoms with Gasteiger partial charge in [0.15, 0.2) is 5.82 Å². The maximum atomic E-state index is 12.4. The average Bonchev–Trinajstić information content (AvgIpc) is 3.07. The fraction of sp³-hybridized carbons (Fsp3) is 0.0556. The number of nitrogens with one attached hydrogen (secondary N) is 1. The zero-order valence-electron chi connectivity index (χ0n) is 12.9. The van der Waals surface area contributed by atoms with Crippen molar-refractivity contribution in [2.75, 3.05) is 7.11 Å². The molecule has 2 aromatic carbocycles. The molecule has 6 heteroatoms. The number of hydrogen-bond acceptors (Lipinski definition) is 4. The van der Waals surface area contributed by atoms with Gasteiger partial charge in [-0.2, -0.15) is 9.50 Å². The van der Waals surface area contributed by atoms with Crippen molar-refractivity contribution in [1.29, 1.82) is 0 Å². The largest absolute Gasteiger partial charge is 0.497 e. The first-order valence-corrected chi connectivity index (χ1v) is 7.44. The van der Waals surface area contributed by atoms with E-state index in [4.69, 9.17) is 4.74 Å². The van der Waals surface area contributed by atoms with E-state index in [2.05, 4.69) is 15.1 Å². The van der Waals surface area contributed by atoms with Crippen LogP contribution in [0.5, 0.6) is 5.75 Å². The normalized spacial score (nSPS) is 10.9. The van der Waals surface area contributed by atoms with Crippen LogP contribution >= 0.6 is 0 Å². The predicted molar refractivity (Wildman–Crippen MR) is 91.0 cm³/mol. The summed E-state index contributed by atoms with van der Waals surface area (Å²) in [6.07, 6.45) is 0. The van der Waals surface area contributed by atoms with E-state index in [-0.39, 0.29) is 5.56 Å². The van der Waals surface area contributed by atoms with Gasteiger partial charge in [-0.05, 0) is 12.1 Å². The van der Waals surface area contributed by atoms with Gasteiger partial charge < -0.3 is 9.72 Å². The van der Waals surface area contributed by atoms with Gasteiger partial charge in [0.05, 0.1) is 12.8 Å². The van der Waals surface area contributed by atoms with E-state index < -0.39 is 0 Å². The molecule has 4 rings (SSSR count). The summed E-state index contributed by atoms with van der Waals surface area (Å²) in [4.78, 5) is 20.0. The number of ether oxygens (including phenoxy) is 1. The van der Waals surface area contributed by atoms with Gasteiger partial charge in [-0.3, -0.25) is 4.79 Å². The lowest BCUT2D eigenvalue weighted by atomic mass is 10.1. The van der Waals surface area contributed by atoms with E-state index in [9.17, 15) is 4.79 Å². The Morgan fingerprint density at radius 3 is 2.58 bits per heavy atom. The third-order valence-corrected chi connectivity index (χ3v) is 3.74. The Balaban J connectivity index is 1.86. The quantitative estimate of drug-likeness (QED) is 0.630. The number of methoxy groups -OCH3 is 1. The molecule has 0 bridgehead atoms. The molecule has 0 aliphatic carbocycles. The molecule has 0 aliphatic heterocycles. The lowest BCUT2D eigenvalue weighted by Gasteiger charge is -2.04. The molecule has 1 N–H and O–H groups in total. The zero-order chi connectivity index (χ0) is 16.5. The lowest BCUT2D eigenvalue weighted by molar-refractivity contribution is 0.415. The number of fused-ring (bicyclic) bond motifs is 1. The minimum atomic E-state index is -0.240. The van der Waals surface area contributed by atoms with Gasteiger partial charge in [-0.15, -0.1) is 5.10 Å². The number of nitrogens with zero attached hydrogens (tertiary/aromatic N) is 3. The second-order valence-corrected chi connectivity index (χ2v) is 5.29. The van der Waals surface area contributed by atoms with E-state index in [0.717, 1.165) is 16.9 Å². The first-order chi connectivity index (χ1) is 11.7. The third kappa shape index (κ3) is 2.44. The van der Waals surface area contributed by atoms with Crippen LogP contribution in [0.4, 0.5) is 0 Å². The first kappa shape index (κ1) is 14.2. The molecule has 0 fully saturated rings. The molecule has 24 heavy (non-hydrogen) atoms.